The lowest BCUT2D eigenvalue weighted by Crippen LogP contribution is -2.30. The molecule has 1 aromatic heterocycles. The topological polar surface area (TPSA) is 64.0 Å². The predicted octanol–water partition coefficient (Wildman–Crippen LogP) is 3.65. The highest BCUT2D eigenvalue weighted by Gasteiger charge is 2.14. The first-order valence-corrected chi connectivity index (χ1v) is 7.93. The largest absolute Gasteiger partial charge is 0.322 e. The number of nitrogens with zero attached hydrogens (tertiary/aromatic N) is 2. The minimum Gasteiger partial charge on any atom is -0.322 e. The summed E-state index contributed by atoms with van der Waals surface area (Å²) in [6.07, 6.45) is 0. The van der Waals surface area contributed by atoms with Crippen molar-refractivity contribution in [1.29, 1.82) is 0 Å². The maximum atomic E-state index is 12.6. The van der Waals surface area contributed by atoms with Crippen molar-refractivity contribution in [3.63, 3.8) is 0 Å². The van der Waals surface area contributed by atoms with Gasteiger partial charge in [-0.25, -0.2) is 4.98 Å². The molecule has 0 aliphatic carbocycles. The van der Waals surface area contributed by atoms with Crippen molar-refractivity contribution in [2.75, 3.05) is 5.32 Å². The van der Waals surface area contributed by atoms with E-state index >= 15 is 0 Å². The van der Waals surface area contributed by atoms with Gasteiger partial charge in [-0.05, 0) is 31.2 Å². The molecule has 0 saturated carbocycles. The zero-order chi connectivity index (χ0) is 17.3. The zero-order valence-corrected chi connectivity index (χ0v) is 14.2. The summed E-state index contributed by atoms with van der Waals surface area (Å²) in [5.74, 6) is 0.0476. The molecule has 0 fully saturated rings. The number of hydrogen-bond acceptors (Lipinski definition) is 3. The van der Waals surface area contributed by atoms with Gasteiger partial charge in [0.1, 0.15) is 12.4 Å². The quantitative estimate of drug-likeness (QED) is 0.774. The predicted molar refractivity (Wildman–Crippen MR) is 95.8 cm³/mol. The van der Waals surface area contributed by atoms with Crippen molar-refractivity contribution in [1.82, 2.24) is 9.55 Å². The summed E-state index contributed by atoms with van der Waals surface area (Å²) < 4.78 is 1.32. The molecule has 3 rings (SSSR count). The number of amides is 1. The fraction of sp³-hybridized carbons (Fsp3) is 0.118. The molecular formula is C17H13Cl2N3O2. The Hall–Kier alpha value is -2.37. The molecule has 0 aliphatic rings. The molecule has 1 heterocycles. The van der Waals surface area contributed by atoms with Gasteiger partial charge in [0, 0.05) is 0 Å². The van der Waals surface area contributed by atoms with Gasteiger partial charge in [-0.2, -0.15) is 0 Å². The third-order valence-electron chi connectivity index (χ3n) is 3.58. The molecule has 0 saturated heterocycles. The summed E-state index contributed by atoms with van der Waals surface area (Å²) in [5, 5.41) is 3.76. The van der Waals surface area contributed by atoms with Gasteiger partial charge in [-0.1, -0.05) is 41.4 Å². The van der Waals surface area contributed by atoms with Crippen LogP contribution < -0.4 is 10.9 Å². The number of anilines is 1. The molecule has 5 nitrogen and oxygen atoms in total. The Kier molecular flexibility index (Phi) is 4.55. The van der Waals surface area contributed by atoms with Gasteiger partial charge in [0.25, 0.3) is 5.56 Å². The van der Waals surface area contributed by atoms with Crippen molar-refractivity contribution in [3.05, 3.63) is 68.7 Å². The average Bonchev–Trinajstić information content (AvgIpc) is 2.55. The first-order chi connectivity index (χ1) is 11.5. The lowest BCUT2D eigenvalue weighted by atomic mass is 10.2. The SMILES string of the molecule is Cc1nc2ccccc2c(=O)n1CC(=O)Nc1c(Cl)cccc1Cl. The van der Waals surface area contributed by atoms with E-state index < -0.39 is 5.91 Å². The number of para-hydroxylation sites is 2. The smallest absolute Gasteiger partial charge is 0.261 e. The summed E-state index contributed by atoms with van der Waals surface area (Å²) in [6, 6.07) is 11.9. The van der Waals surface area contributed by atoms with E-state index in [-0.39, 0.29) is 12.1 Å². The standard InChI is InChI=1S/C17H13Cl2N3O2/c1-10-20-14-8-3-2-5-11(14)17(24)22(10)9-15(23)21-16-12(18)6-4-7-13(16)19/h2-8H,9H2,1H3,(H,21,23). The maximum absolute atomic E-state index is 12.6. The molecule has 0 bridgehead atoms. The minimum atomic E-state index is -0.410. The Morgan fingerprint density at radius 3 is 2.50 bits per heavy atom. The van der Waals surface area contributed by atoms with Crippen LogP contribution in [0.25, 0.3) is 10.9 Å². The number of hydrogen-bond donors (Lipinski definition) is 1. The number of nitrogens with one attached hydrogen (secondary N) is 1. The van der Waals surface area contributed by atoms with Crippen LogP contribution in [-0.2, 0) is 11.3 Å². The number of benzene rings is 2. The fourth-order valence-electron chi connectivity index (χ4n) is 2.41. The summed E-state index contributed by atoms with van der Waals surface area (Å²) in [5.41, 5.74) is 0.662. The van der Waals surface area contributed by atoms with Crippen molar-refractivity contribution in [3.8, 4) is 0 Å². The van der Waals surface area contributed by atoms with E-state index in [4.69, 9.17) is 23.2 Å². The molecule has 1 amide bonds. The molecule has 0 spiro atoms. The lowest BCUT2D eigenvalue weighted by Gasteiger charge is -2.12. The lowest BCUT2D eigenvalue weighted by molar-refractivity contribution is -0.116. The molecule has 1 N–H and O–H groups in total. The Labute approximate surface area is 147 Å². The Balaban J connectivity index is 1.93. The highest BCUT2D eigenvalue weighted by Crippen LogP contribution is 2.29. The second-order valence-corrected chi connectivity index (χ2v) is 6.03. The van der Waals surface area contributed by atoms with E-state index in [1.807, 2.05) is 6.07 Å². The molecule has 122 valence electrons. The number of carbonyl (C=O) groups is 1. The van der Waals surface area contributed by atoms with Crippen LogP contribution in [0.2, 0.25) is 10.0 Å². The minimum absolute atomic E-state index is 0.177. The number of rotatable bonds is 3. The highest BCUT2D eigenvalue weighted by atomic mass is 35.5. The summed E-state index contributed by atoms with van der Waals surface area (Å²) in [7, 11) is 0. The molecule has 3 aromatic rings. The van der Waals surface area contributed by atoms with Crippen LogP contribution in [0.5, 0.6) is 0 Å². The van der Waals surface area contributed by atoms with Crippen LogP contribution >= 0.6 is 23.2 Å². The van der Waals surface area contributed by atoms with Gasteiger partial charge in [-0.15, -0.1) is 0 Å². The van der Waals surface area contributed by atoms with E-state index in [2.05, 4.69) is 10.3 Å². The van der Waals surface area contributed by atoms with Crippen LogP contribution in [0, 0.1) is 6.92 Å². The maximum Gasteiger partial charge on any atom is 0.261 e. The normalized spacial score (nSPS) is 10.8. The highest BCUT2D eigenvalue weighted by molar-refractivity contribution is 6.39. The third-order valence-corrected chi connectivity index (χ3v) is 4.21. The number of halogens is 2. The molecule has 2 aromatic carbocycles. The number of fused-ring (bicyclic) bond motifs is 1. The number of aromatic nitrogens is 2. The molecular weight excluding hydrogens is 349 g/mol. The summed E-state index contributed by atoms with van der Waals surface area (Å²) in [4.78, 5) is 29.2. The summed E-state index contributed by atoms with van der Waals surface area (Å²) >= 11 is 12.1. The van der Waals surface area contributed by atoms with Crippen LogP contribution in [0.3, 0.4) is 0 Å². The number of carbonyl (C=O) groups excluding carboxylic acids is 1. The van der Waals surface area contributed by atoms with E-state index in [1.165, 1.54) is 4.57 Å². The van der Waals surface area contributed by atoms with Gasteiger partial charge in [0.15, 0.2) is 0 Å². The molecule has 0 radical (unpaired) electrons. The van der Waals surface area contributed by atoms with Gasteiger partial charge in [0.2, 0.25) is 5.91 Å². The molecule has 7 heteroatoms. The summed E-state index contributed by atoms with van der Waals surface area (Å²) in [6.45, 7) is 1.51. The molecule has 0 unspecified atom stereocenters. The van der Waals surface area contributed by atoms with Gasteiger partial charge < -0.3 is 5.32 Å². The third kappa shape index (κ3) is 3.13. The first kappa shape index (κ1) is 16.5. The van der Waals surface area contributed by atoms with Gasteiger partial charge in [0.05, 0.1) is 26.6 Å². The Morgan fingerprint density at radius 2 is 1.79 bits per heavy atom. The fourth-order valence-corrected chi connectivity index (χ4v) is 2.90. The second kappa shape index (κ2) is 6.63. The van der Waals surface area contributed by atoms with Crippen LogP contribution in [0.4, 0.5) is 5.69 Å². The van der Waals surface area contributed by atoms with Crippen LogP contribution in [0.1, 0.15) is 5.82 Å². The average molecular weight is 362 g/mol. The number of aryl methyl sites for hydroxylation is 1. The van der Waals surface area contributed by atoms with Crippen molar-refractivity contribution in [2.24, 2.45) is 0 Å². The van der Waals surface area contributed by atoms with Gasteiger partial charge in [-0.3, -0.25) is 14.2 Å². The Morgan fingerprint density at radius 1 is 1.12 bits per heavy atom. The molecule has 0 atom stereocenters. The van der Waals surface area contributed by atoms with E-state index in [0.29, 0.717) is 32.5 Å². The second-order valence-electron chi connectivity index (χ2n) is 5.21. The van der Waals surface area contributed by atoms with Gasteiger partial charge >= 0.3 is 0 Å². The van der Waals surface area contributed by atoms with E-state index in [0.717, 1.165) is 0 Å². The monoisotopic (exact) mass is 361 g/mol. The van der Waals surface area contributed by atoms with Crippen molar-refractivity contribution >= 4 is 45.7 Å². The Bertz CT molecular complexity index is 979. The zero-order valence-electron chi connectivity index (χ0n) is 12.7. The van der Waals surface area contributed by atoms with Crippen LogP contribution in [0.15, 0.2) is 47.3 Å². The van der Waals surface area contributed by atoms with Crippen LogP contribution in [-0.4, -0.2) is 15.5 Å². The molecule has 0 aliphatic heterocycles. The van der Waals surface area contributed by atoms with E-state index in [1.54, 1.807) is 43.3 Å². The van der Waals surface area contributed by atoms with Crippen molar-refractivity contribution in [2.45, 2.75) is 13.5 Å². The van der Waals surface area contributed by atoms with Crippen molar-refractivity contribution < 1.29 is 4.79 Å². The first-order valence-electron chi connectivity index (χ1n) is 7.17. The molecule has 24 heavy (non-hydrogen) atoms. The van der Waals surface area contributed by atoms with E-state index in [9.17, 15) is 9.59 Å².